The van der Waals surface area contributed by atoms with Gasteiger partial charge in [-0.1, -0.05) is 44.8 Å². The molecule has 24 heavy (non-hydrogen) atoms. The van der Waals surface area contributed by atoms with Crippen LogP contribution in [0.15, 0.2) is 39.3 Å². The Hall–Kier alpha value is -2.14. The molecule has 0 aliphatic carbocycles. The van der Waals surface area contributed by atoms with Gasteiger partial charge >= 0.3 is 0 Å². The zero-order valence-electron chi connectivity index (χ0n) is 14.2. The predicted octanol–water partition coefficient (Wildman–Crippen LogP) is 5.31. The van der Waals surface area contributed by atoms with Crippen LogP contribution < -0.4 is 4.74 Å². The molecule has 0 saturated carbocycles. The van der Waals surface area contributed by atoms with Gasteiger partial charge in [-0.2, -0.15) is 4.98 Å². The lowest BCUT2D eigenvalue weighted by molar-refractivity contribution is 0.241. The van der Waals surface area contributed by atoms with E-state index in [-0.39, 0.29) is 6.61 Å². The fourth-order valence-corrected chi connectivity index (χ4v) is 2.93. The lowest BCUT2D eigenvalue weighted by Gasteiger charge is -2.13. The summed E-state index contributed by atoms with van der Waals surface area (Å²) in [6, 6.07) is 10.0. The number of aryl methyl sites for hydroxylation is 2. The Bertz CT molecular complexity index is 887. The minimum atomic E-state index is 0.250. The zero-order valence-corrected chi connectivity index (χ0v) is 15.8. The molecular formula is C19H19BrN2O2. The molecule has 1 aromatic heterocycles. The van der Waals surface area contributed by atoms with Crippen molar-refractivity contribution in [2.24, 2.45) is 0 Å². The van der Waals surface area contributed by atoms with Gasteiger partial charge < -0.3 is 9.26 Å². The van der Waals surface area contributed by atoms with E-state index in [9.17, 15) is 0 Å². The highest BCUT2D eigenvalue weighted by molar-refractivity contribution is 9.10. The highest BCUT2D eigenvalue weighted by atomic mass is 79.9. The molecule has 0 spiro atoms. The van der Waals surface area contributed by atoms with Gasteiger partial charge in [-0.15, -0.1) is 0 Å². The number of halogens is 1. The van der Waals surface area contributed by atoms with E-state index in [0.29, 0.717) is 11.7 Å². The van der Waals surface area contributed by atoms with E-state index >= 15 is 0 Å². The van der Waals surface area contributed by atoms with Crippen LogP contribution in [0, 0.1) is 27.7 Å². The number of hydrogen-bond acceptors (Lipinski definition) is 4. The Labute approximate surface area is 150 Å². The second-order valence-corrected chi connectivity index (χ2v) is 6.72. The molecule has 124 valence electrons. The molecule has 0 N–H and O–H groups in total. The molecule has 0 amide bonds. The average Bonchev–Trinajstić information content (AvgIpc) is 3.04. The van der Waals surface area contributed by atoms with Crippen LogP contribution in [0.2, 0.25) is 0 Å². The first-order valence-electron chi connectivity index (χ1n) is 7.74. The number of benzene rings is 2. The summed E-state index contributed by atoms with van der Waals surface area (Å²) in [5, 5.41) is 4.04. The van der Waals surface area contributed by atoms with Crippen molar-refractivity contribution in [2.45, 2.75) is 34.3 Å². The van der Waals surface area contributed by atoms with Crippen molar-refractivity contribution in [2.75, 3.05) is 0 Å². The van der Waals surface area contributed by atoms with Crippen molar-refractivity contribution >= 4 is 15.9 Å². The maximum Gasteiger partial charge on any atom is 0.264 e. The average molecular weight is 387 g/mol. The van der Waals surface area contributed by atoms with Gasteiger partial charge in [-0.3, -0.25) is 0 Å². The van der Waals surface area contributed by atoms with Crippen molar-refractivity contribution in [1.82, 2.24) is 10.1 Å². The fourth-order valence-electron chi connectivity index (χ4n) is 2.52. The Balaban J connectivity index is 1.77. The van der Waals surface area contributed by atoms with Crippen LogP contribution in [-0.4, -0.2) is 10.1 Å². The quantitative estimate of drug-likeness (QED) is 0.609. The van der Waals surface area contributed by atoms with Gasteiger partial charge in [0.05, 0.1) is 0 Å². The third-order valence-electron chi connectivity index (χ3n) is 4.05. The summed E-state index contributed by atoms with van der Waals surface area (Å²) in [5.41, 5.74) is 5.52. The van der Waals surface area contributed by atoms with Crippen LogP contribution in [-0.2, 0) is 6.61 Å². The largest absolute Gasteiger partial charge is 0.483 e. The highest BCUT2D eigenvalue weighted by Crippen LogP contribution is 2.31. The first-order chi connectivity index (χ1) is 11.5. The number of rotatable bonds is 4. The van der Waals surface area contributed by atoms with Gasteiger partial charge in [-0.25, -0.2) is 0 Å². The highest BCUT2D eigenvalue weighted by Gasteiger charge is 2.12. The summed E-state index contributed by atoms with van der Waals surface area (Å²) in [4.78, 5) is 4.42. The number of nitrogens with zero attached hydrogens (tertiary/aromatic N) is 2. The maximum absolute atomic E-state index is 5.90. The Morgan fingerprint density at radius 1 is 1.08 bits per heavy atom. The molecule has 3 rings (SSSR count). The van der Waals surface area contributed by atoms with Gasteiger partial charge in [0.2, 0.25) is 5.82 Å². The Morgan fingerprint density at radius 3 is 2.62 bits per heavy atom. The minimum Gasteiger partial charge on any atom is -0.483 e. The van der Waals surface area contributed by atoms with Gasteiger partial charge in [0.25, 0.3) is 5.89 Å². The number of hydrogen-bond donors (Lipinski definition) is 0. The van der Waals surface area contributed by atoms with Crippen LogP contribution >= 0.6 is 15.9 Å². The molecule has 0 saturated heterocycles. The third kappa shape index (κ3) is 3.36. The molecule has 0 aliphatic rings. The molecule has 0 radical (unpaired) electrons. The third-order valence-corrected chi connectivity index (χ3v) is 5.27. The number of ether oxygens (including phenoxy) is 1. The van der Waals surface area contributed by atoms with Gasteiger partial charge in [0, 0.05) is 10.0 Å². The number of aromatic nitrogens is 2. The van der Waals surface area contributed by atoms with Crippen molar-refractivity contribution < 1.29 is 9.26 Å². The molecule has 4 nitrogen and oxygen atoms in total. The molecule has 0 bridgehead atoms. The second-order valence-electron chi connectivity index (χ2n) is 5.93. The first-order valence-corrected chi connectivity index (χ1v) is 8.53. The van der Waals surface area contributed by atoms with Crippen molar-refractivity contribution in [3.05, 3.63) is 62.9 Å². The summed E-state index contributed by atoms with van der Waals surface area (Å²) in [7, 11) is 0. The van der Waals surface area contributed by atoms with E-state index in [1.165, 1.54) is 5.56 Å². The molecule has 2 aromatic carbocycles. The van der Waals surface area contributed by atoms with E-state index < -0.39 is 0 Å². The molecule has 0 atom stereocenters. The lowest BCUT2D eigenvalue weighted by Crippen LogP contribution is -2.00. The van der Waals surface area contributed by atoms with Crippen molar-refractivity contribution in [3.63, 3.8) is 0 Å². The predicted molar refractivity (Wildman–Crippen MR) is 97.2 cm³/mol. The topological polar surface area (TPSA) is 48.2 Å². The smallest absolute Gasteiger partial charge is 0.264 e. The van der Waals surface area contributed by atoms with E-state index in [1.807, 2.05) is 51.1 Å². The molecular weight excluding hydrogens is 368 g/mol. The van der Waals surface area contributed by atoms with E-state index in [1.54, 1.807) is 0 Å². The molecule has 0 aliphatic heterocycles. The van der Waals surface area contributed by atoms with Gasteiger partial charge in [-0.05, 0) is 56.5 Å². The monoisotopic (exact) mass is 386 g/mol. The summed E-state index contributed by atoms with van der Waals surface area (Å²) in [5.74, 6) is 1.88. The summed E-state index contributed by atoms with van der Waals surface area (Å²) < 4.78 is 12.3. The van der Waals surface area contributed by atoms with Crippen LogP contribution in [0.5, 0.6) is 5.75 Å². The molecule has 5 heteroatoms. The lowest BCUT2D eigenvalue weighted by atomic mass is 10.1. The fraction of sp³-hybridized carbons (Fsp3) is 0.263. The standard InChI is InChI=1S/C19H19BrN2O2/c1-11-6-5-7-15(8-11)19-21-17(24-22-19)10-23-16-9-12(2)18(20)14(4)13(16)3/h5-9H,10H2,1-4H3. The SMILES string of the molecule is Cc1cccc(-c2noc(COc3cc(C)c(Br)c(C)c3C)n2)c1. The van der Waals surface area contributed by atoms with Gasteiger partial charge in [0.15, 0.2) is 6.61 Å². The summed E-state index contributed by atoms with van der Waals surface area (Å²) in [6.45, 7) is 8.45. The summed E-state index contributed by atoms with van der Waals surface area (Å²) in [6.07, 6.45) is 0. The Morgan fingerprint density at radius 2 is 1.88 bits per heavy atom. The summed E-state index contributed by atoms with van der Waals surface area (Å²) >= 11 is 3.60. The van der Waals surface area contributed by atoms with Crippen molar-refractivity contribution in [1.29, 1.82) is 0 Å². The van der Waals surface area contributed by atoms with Crippen LogP contribution in [0.4, 0.5) is 0 Å². The van der Waals surface area contributed by atoms with Crippen molar-refractivity contribution in [3.8, 4) is 17.1 Å². The zero-order chi connectivity index (χ0) is 17.3. The van der Waals surface area contributed by atoms with E-state index in [0.717, 1.165) is 32.5 Å². The maximum atomic E-state index is 5.90. The minimum absolute atomic E-state index is 0.250. The molecule has 3 aromatic rings. The first kappa shape index (κ1) is 16.7. The molecule has 0 unspecified atom stereocenters. The molecule has 0 fully saturated rings. The van der Waals surface area contributed by atoms with Crippen LogP contribution in [0.25, 0.3) is 11.4 Å². The second kappa shape index (κ2) is 6.77. The normalized spacial score (nSPS) is 10.9. The Kier molecular flexibility index (Phi) is 4.71. The van der Waals surface area contributed by atoms with Crippen LogP contribution in [0.3, 0.4) is 0 Å². The molecule has 1 heterocycles. The van der Waals surface area contributed by atoms with Crippen LogP contribution in [0.1, 0.15) is 28.1 Å². The van der Waals surface area contributed by atoms with E-state index in [4.69, 9.17) is 9.26 Å². The van der Waals surface area contributed by atoms with E-state index in [2.05, 4.69) is 33.0 Å². The van der Waals surface area contributed by atoms with Gasteiger partial charge in [0.1, 0.15) is 5.75 Å².